The van der Waals surface area contributed by atoms with E-state index in [2.05, 4.69) is 4.84 Å². The third kappa shape index (κ3) is 1.62. The third-order valence-corrected chi connectivity index (χ3v) is 2.63. The van der Waals surface area contributed by atoms with Crippen LogP contribution in [0.5, 0.6) is 0 Å². The number of hydrogen-bond acceptors (Lipinski definition) is 4. The predicted molar refractivity (Wildman–Crippen MR) is 50.0 cm³/mol. The number of nitrogens with two attached hydrogens (primary N) is 1. The van der Waals surface area contributed by atoms with E-state index in [9.17, 15) is 5.21 Å². The van der Waals surface area contributed by atoms with Crippen molar-refractivity contribution in [3.8, 4) is 0 Å². The quantitative estimate of drug-likeness (QED) is 0.500. The molecule has 1 rings (SSSR count). The lowest BCUT2D eigenvalue weighted by Crippen LogP contribution is -2.48. The Kier molecular flexibility index (Phi) is 2.51. The Morgan fingerprint density at radius 3 is 2.31 bits per heavy atom. The molecule has 13 heavy (non-hydrogen) atoms. The second-order valence-corrected chi connectivity index (χ2v) is 4.51. The second-order valence-electron chi connectivity index (χ2n) is 4.51. The van der Waals surface area contributed by atoms with Crippen molar-refractivity contribution in [1.82, 2.24) is 5.06 Å². The Labute approximate surface area is 78.9 Å². The van der Waals surface area contributed by atoms with E-state index in [1.165, 1.54) is 5.06 Å². The highest BCUT2D eigenvalue weighted by Crippen LogP contribution is 2.37. The van der Waals surface area contributed by atoms with Crippen LogP contribution in [0.3, 0.4) is 0 Å². The fraction of sp³-hybridized carbons (Fsp3) is 0.778. The van der Waals surface area contributed by atoms with E-state index in [4.69, 9.17) is 5.90 Å². The van der Waals surface area contributed by atoms with Gasteiger partial charge in [0.1, 0.15) is 0 Å². The van der Waals surface area contributed by atoms with E-state index >= 15 is 0 Å². The lowest BCUT2D eigenvalue weighted by atomic mass is 9.97. The maximum atomic E-state index is 9.87. The van der Waals surface area contributed by atoms with Crippen LogP contribution in [-0.2, 0) is 4.84 Å². The molecule has 4 heteroatoms. The number of nitrogens with zero attached hydrogens (tertiary/aromatic N) is 1. The first-order valence-corrected chi connectivity index (χ1v) is 4.35. The van der Waals surface area contributed by atoms with Gasteiger partial charge in [-0.3, -0.25) is 0 Å². The average Bonchev–Trinajstić information content (AvgIpc) is 2.14. The van der Waals surface area contributed by atoms with Crippen LogP contribution < -0.4 is 5.90 Å². The van der Waals surface area contributed by atoms with E-state index in [1.54, 1.807) is 0 Å². The van der Waals surface area contributed by atoms with Gasteiger partial charge in [0.2, 0.25) is 0 Å². The van der Waals surface area contributed by atoms with Gasteiger partial charge in [-0.15, -0.1) is 0 Å². The van der Waals surface area contributed by atoms with Crippen LogP contribution in [-0.4, -0.2) is 28.0 Å². The van der Waals surface area contributed by atoms with E-state index < -0.39 is 5.54 Å². The van der Waals surface area contributed by atoms with Gasteiger partial charge in [-0.2, -0.15) is 5.06 Å². The van der Waals surface area contributed by atoms with Crippen LogP contribution in [0.4, 0.5) is 0 Å². The van der Waals surface area contributed by atoms with Crippen LogP contribution in [0, 0.1) is 0 Å². The molecule has 0 aromatic rings. The van der Waals surface area contributed by atoms with E-state index in [1.807, 2.05) is 33.8 Å². The Balaban J connectivity index is 2.95. The summed E-state index contributed by atoms with van der Waals surface area (Å²) in [6, 6.07) is 0. The Hall–Kier alpha value is -0.420. The zero-order chi connectivity index (χ0) is 10.3. The van der Waals surface area contributed by atoms with Crippen molar-refractivity contribution in [3.63, 3.8) is 0 Å². The summed E-state index contributed by atoms with van der Waals surface area (Å²) < 4.78 is 0. The maximum Gasteiger partial charge on any atom is 0.0909 e. The Morgan fingerprint density at radius 1 is 1.46 bits per heavy atom. The Morgan fingerprint density at radius 2 is 2.00 bits per heavy atom. The van der Waals surface area contributed by atoms with Crippen molar-refractivity contribution in [1.29, 1.82) is 0 Å². The summed E-state index contributed by atoms with van der Waals surface area (Å²) in [6.45, 7) is 8.11. The minimum absolute atomic E-state index is 0.350. The molecule has 1 aliphatic heterocycles. The van der Waals surface area contributed by atoms with E-state index in [-0.39, 0.29) is 5.54 Å². The van der Waals surface area contributed by atoms with Gasteiger partial charge in [-0.25, -0.2) is 5.90 Å². The number of hydrogen-bond donors (Lipinski definition) is 2. The monoisotopic (exact) mass is 186 g/mol. The molecule has 0 bridgehead atoms. The second kappa shape index (κ2) is 3.06. The molecular weight excluding hydrogens is 168 g/mol. The molecular formula is C9H18N2O2. The van der Waals surface area contributed by atoms with Gasteiger partial charge in [0, 0.05) is 0 Å². The van der Waals surface area contributed by atoms with Crippen molar-refractivity contribution in [2.24, 2.45) is 5.90 Å². The molecule has 4 nitrogen and oxygen atoms in total. The third-order valence-electron chi connectivity index (χ3n) is 2.63. The summed E-state index contributed by atoms with van der Waals surface area (Å²) in [5, 5.41) is 11.2. The minimum Gasteiger partial charge on any atom is -0.312 e. The van der Waals surface area contributed by atoms with Crippen LogP contribution in [0.15, 0.2) is 11.6 Å². The predicted octanol–water partition coefficient (Wildman–Crippen LogP) is 1.07. The topological polar surface area (TPSA) is 58.7 Å². The summed E-state index contributed by atoms with van der Waals surface area (Å²) >= 11 is 0. The molecule has 0 saturated heterocycles. The van der Waals surface area contributed by atoms with Crippen LogP contribution in [0.25, 0.3) is 0 Å². The fourth-order valence-electron chi connectivity index (χ4n) is 1.83. The van der Waals surface area contributed by atoms with Gasteiger partial charge >= 0.3 is 0 Å². The SMILES string of the molecule is CC1(C)C=C(CON)C(C)(C)N1O. The first kappa shape index (κ1) is 10.7. The first-order valence-electron chi connectivity index (χ1n) is 4.35. The van der Waals surface area contributed by atoms with Crippen molar-refractivity contribution in [2.75, 3.05) is 6.61 Å². The molecule has 0 unspecified atom stereocenters. The van der Waals surface area contributed by atoms with Crippen molar-refractivity contribution in [2.45, 2.75) is 38.8 Å². The maximum absolute atomic E-state index is 9.87. The molecule has 1 aliphatic rings. The average molecular weight is 186 g/mol. The van der Waals surface area contributed by atoms with Crippen LogP contribution in [0.1, 0.15) is 27.7 Å². The lowest BCUT2D eigenvalue weighted by Gasteiger charge is -2.36. The molecule has 0 radical (unpaired) electrons. The van der Waals surface area contributed by atoms with Gasteiger partial charge in [0.25, 0.3) is 0 Å². The smallest absolute Gasteiger partial charge is 0.0909 e. The number of rotatable bonds is 2. The highest BCUT2D eigenvalue weighted by molar-refractivity contribution is 5.29. The summed E-state index contributed by atoms with van der Waals surface area (Å²) in [6.07, 6.45) is 1.99. The van der Waals surface area contributed by atoms with Crippen LogP contribution >= 0.6 is 0 Å². The summed E-state index contributed by atoms with van der Waals surface area (Å²) in [4.78, 5) is 4.60. The first-order chi connectivity index (χ1) is 5.82. The molecule has 0 atom stereocenters. The molecule has 3 N–H and O–H groups in total. The van der Waals surface area contributed by atoms with E-state index in [0.717, 1.165) is 5.57 Å². The molecule has 0 amide bonds. The standard InChI is InChI=1S/C9H18N2O2/c1-8(2)5-7(6-13-10)9(3,4)11(8)12/h5,12H,6,10H2,1-4H3. The van der Waals surface area contributed by atoms with Gasteiger partial charge in [-0.1, -0.05) is 6.08 Å². The highest BCUT2D eigenvalue weighted by Gasteiger charge is 2.44. The normalized spacial score (nSPS) is 26.2. The zero-order valence-corrected chi connectivity index (χ0v) is 8.66. The zero-order valence-electron chi connectivity index (χ0n) is 8.66. The van der Waals surface area contributed by atoms with E-state index in [0.29, 0.717) is 6.61 Å². The minimum atomic E-state index is -0.400. The fourth-order valence-corrected chi connectivity index (χ4v) is 1.83. The molecule has 0 aromatic carbocycles. The molecule has 0 aromatic heterocycles. The molecule has 0 aliphatic carbocycles. The van der Waals surface area contributed by atoms with Gasteiger partial charge in [0.05, 0.1) is 17.7 Å². The Bertz CT molecular complexity index is 234. The molecule has 76 valence electrons. The summed E-state index contributed by atoms with van der Waals surface area (Å²) in [7, 11) is 0. The molecule has 0 spiro atoms. The summed E-state index contributed by atoms with van der Waals surface area (Å²) in [5.74, 6) is 5.02. The summed E-state index contributed by atoms with van der Waals surface area (Å²) in [5.41, 5.74) is 0.253. The van der Waals surface area contributed by atoms with Crippen molar-refractivity contribution >= 4 is 0 Å². The largest absolute Gasteiger partial charge is 0.312 e. The number of hydroxylamine groups is 2. The molecule has 1 heterocycles. The van der Waals surface area contributed by atoms with Crippen molar-refractivity contribution in [3.05, 3.63) is 11.6 Å². The van der Waals surface area contributed by atoms with Crippen molar-refractivity contribution < 1.29 is 10.0 Å². The molecule has 0 saturated carbocycles. The highest BCUT2D eigenvalue weighted by atomic mass is 16.6. The van der Waals surface area contributed by atoms with Gasteiger partial charge < -0.3 is 10.0 Å². The molecule has 0 fully saturated rings. The van der Waals surface area contributed by atoms with Gasteiger partial charge in [-0.05, 0) is 33.3 Å². The van der Waals surface area contributed by atoms with Crippen LogP contribution in [0.2, 0.25) is 0 Å². The van der Waals surface area contributed by atoms with Gasteiger partial charge in [0.15, 0.2) is 0 Å². The lowest BCUT2D eigenvalue weighted by molar-refractivity contribution is -0.186.